The highest BCUT2D eigenvalue weighted by molar-refractivity contribution is 9.11. The third-order valence-corrected chi connectivity index (χ3v) is 4.36. The van der Waals surface area contributed by atoms with Gasteiger partial charge in [-0.25, -0.2) is 0 Å². The average molecular weight is 342 g/mol. The van der Waals surface area contributed by atoms with E-state index < -0.39 is 0 Å². The Morgan fingerprint density at radius 2 is 2.26 bits per heavy atom. The minimum absolute atomic E-state index is 0.0101. The second-order valence-corrected chi connectivity index (χ2v) is 6.83. The Bertz CT molecular complexity index is 576. The Balaban J connectivity index is 1.75. The molecular formula is C13H16BrN3OS. The Hall–Kier alpha value is -1.14. The van der Waals surface area contributed by atoms with Crippen LogP contribution in [0.3, 0.4) is 0 Å². The monoisotopic (exact) mass is 341 g/mol. The van der Waals surface area contributed by atoms with Gasteiger partial charge in [-0.2, -0.15) is 5.10 Å². The molecule has 102 valence electrons. The molecule has 1 amide bonds. The van der Waals surface area contributed by atoms with Crippen LogP contribution in [0.2, 0.25) is 0 Å². The van der Waals surface area contributed by atoms with Gasteiger partial charge in [-0.05, 0) is 54.4 Å². The normalized spacial score (nSPS) is 10.7. The molecule has 2 aromatic heterocycles. The maximum absolute atomic E-state index is 11.8. The highest BCUT2D eigenvalue weighted by atomic mass is 79.9. The molecule has 0 aliphatic carbocycles. The first-order valence-electron chi connectivity index (χ1n) is 6.11. The largest absolute Gasteiger partial charge is 0.351 e. The number of aryl methyl sites for hydroxylation is 3. The Morgan fingerprint density at radius 3 is 2.84 bits per heavy atom. The number of aromatic nitrogens is 2. The highest BCUT2D eigenvalue weighted by Gasteiger charge is 2.07. The van der Waals surface area contributed by atoms with Crippen molar-refractivity contribution >= 4 is 33.2 Å². The third kappa shape index (κ3) is 3.91. The lowest BCUT2D eigenvalue weighted by atomic mass is 10.3. The zero-order chi connectivity index (χ0) is 13.8. The first-order chi connectivity index (χ1) is 9.06. The molecule has 19 heavy (non-hydrogen) atoms. The predicted octanol–water partition coefficient (Wildman–Crippen LogP) is 3.14. The molecule has 0 aromatic carbocycles. The van der Waals surface area contributed by atoms with Crippen molar-refractivity contribution in [3.8, 4) is 0 Å². The van der Waals surface area contributed by atoms with Crippen LogP contribution in [0.5, 0.6) is 0 Å². The number of carbonyl (C=O) groups excluding carboxylic acids is 1. The summed E-state index contributed by atoms with van der Waals surface area (Å²) in [7, 11) is 0. The fraction of sp³-hybridized carbons (Fsp3) is 0.385. The van der Waals surface area contributed by atoms with E-state index in [1.165, 1.54) is 11.3 Å². The van der Waals surface area contributed by atoms with Crippen LogP contribution in [0.1, 0.15) is 27.5 Å². The van der Waals surface area contributed by atoms with Gasteiger partial charge in [-0.1, -0.05) is 0 Å². The standard InChI is InChI=1S/C13H16BrN3OS/c1-9-8-10(2)17(16-9)7-3-6-15-13(18)11-4-5-12(14)19-11/h4-5,8H,3,6-7H2,1-2H3,(H,15,18). The molecule has 6 heteroatoms. The van der Waals surface area contributed by atoms with Crippen molar-refractivity contribution < 1.29 is 4.79 Å². The Labute approximate surface area is 125 Å². The van der Waals surface area contributed by atoms with E-state index >= 15 is 0 Å². The maximum Gasteiger partial charge on any atom is 0.261 e. The maximum atomic E-state index is 11.8. The van der Waals surface area contributed by atoms with Gasteiger partial charge in [-0.15, -0.1) is 11.3 Å². The minimum Gasteiger partial charge on any atom is -0.351 e. The van der Waals surface area contributed by atoms with Crippen LogP contribution < -0.4 is 5.32 Å². The Morgan fingerprint density at radius 1 is 1.47 bits per heavy atom. The third-order valence-electron chi connectivity index (χ3n) is 2.73. The number of carbonyl (C=O) groups is 1. The van der Waals surface area contributed by atoms with E-state index in [-0.39, 0.29) is 5.91 Å². The van der Waals surface area contributed by atoms with Gasteiger partial charge in [0.05, 0.1) is 14.4 Å². The molecule has 0 atom stereocenters. The number of hydrogen-bond donors (Lipinski definition) is 1. The topological polar surface area (TPSA) is 46.9 Å². The molecule has 0 aliphatic rings. The van der Waals surface area contributed by atoms with Crippen molar-refractivity contribution in [1.82, 2.24) is 15.1 Å². The average Bonchev–Trinajstić information content (AvgIpc) is 2.91. The first kappa shape index (κ1) is 14.3. The number of halogens is 1. The Kier molecular flexibility index (Phi) is 4.76. The minimum atomic E-state index is -0.0101. The van der Waals surface area contributed by atoms with Crippen LogP contribution in [0.25, 0.3) is 0 Å². The van der Waals surface area contributed by atoms with Crippen LogP contribution in [-0.2, 0) is 6.54 Å². The quantitative estimate of drug-likeness (QED) is 0.849. The van der Waals surface area contributed by atoms with Gasteiger partial charge in [0.15, 0.2) is 0 Å². The summed E-state index contributed by atoms with van der Waals surface area (Å²) in [6.07, 6.45) is 0.875. The van der Waals surface area contributed by atoms with Crippen LogP contribution in [0.4, 0.5) is 0 Å². The van der Waals surface area contributed by atoms with Crippen molar-refractivity contribution in [3.63, 3.8) is 0 Å². The molecule has 2 rings (SSSR count). The second-order valence-electron chi connectivity index (χ2n) is 4.36. The van der Waals surface area contributed by atoms with E-state index in [4.69, 9.17) is 0 Å². The smallest absolute Gasteiger partial charge is 0.261 e. The van der Waals surface area contributed by atoms with Crippen LogP contribution in [-0.4, -0.2) is 22.2 Å². The van der Waals surface area contributed by atoms with Crippen molar-refractivity contribution in [2.45, 2.75) is 26.8 Å². The number of thiophene rings is 1. The van der Waals surface area contributed by atoms with Gasteiger partial charge < -0.3 is 5.32 Å². The number of amides is 1. The number of hydrogen-bond acceptors (Lipinski definition) is 3. The SMILES string of the molecule is Cc1cc(C)n(CCCNC(=O)c2ccc(Br)s2)n1. The highest BCUT2D eigenvalue weighted by Crippen LogP contribution is 2.21. The van der Waals surface area contributed by atoms with Gasteiger partial charge in [0, 0.05) is 18.8 Å². The fourth-order valence-corrected chi connectivity index (χ4v) is 3.16. The molecular weight excluding hydrogens is 326 g/mol. The van der Waals surface area contributed by atoms with E-state index in [1.54, 1.807) is 0 Å². The second kappa shape index (κ2) is 6.34. The lowest BCUT2D eigenvalue weighted by Crippen LogP contribution is -2.24. The summed E-state index contributed by atoms with van der Waals surface area (Å²) in [5.41, 5.74) is 2.19. The molecule has 0 bridgehead atoms. The van der Waals surface area contributed by atoms with Gasteiger partial charge in [0.25, 0.3) is 5.91 Å². The summed E-state index contributed by atoms with van der Waals surface area (Å²) >= 11 is 4.79. The van der Waals surface area contributed by atoms with Gasteiger partial charge in [0.2, 0.25) is 0 Å². The zero-order valence-electron chi connectivity index (χ0n) is 10.9. The van der Waals surface area contributed by atoms with E-state index in [2.05, 4.69) is 32.4 Å². The molecule has 2 heterocycles. The van der Waals surface area contributed by atoms with E-state index in [0.29, 0.717) is 6.54 Å². The summed E-state index contributed by atoms with van der Waals surface area (Å²) in [6.45, 7) is 5.52. The zero-order valence-corrected chi connectivity index (χ0v) is 13.3. The lowest BCUT2D eigenvalue weighted by Gasteiger charge is -2.05. The first-order valence-corrected chi connectivity index (χ1v) is 7.72. The molecule has 0 aliphatic heterocycles. The molecule has 1 N–H and O–H groups in total. The van der Waals surface area contributed by atoms with Crippen molar-refractivity contribution in [2.24, 2.45) is 0 Å². The number of nitrogens with one attached hydrogen (secondary N) is 1. The molecule has 4 nitrogen and oxygen atoms in total. The lowest BCUT2D eigenvalue weighted by molar-refractivity contribution is 0.0956. The molecule has 0 saturated heterocycles. The van der Waals surface area contributed by atoms with E-state index in [9.17, 15) is 4.79 Å². The van der Waals surface area contributed by atoms with E-state index in [0.717, 1.165) is 33.0 Å². The van der Waals surface area contributed by atoms with Crippen molar-refractivity contribution in [1.29, 1.82) is 0 Å². The summed E-state index contributed by atoms with van der Waals surface area (Å²) in [6, 6.07) is 5.77. The molecule has 0 unspecified atom stereocenters. The molecule has 0 fully saturated rings. The van der Waals surface area contributed by atoms with Gasteiger partial charge in [-0.3, -0.25) is 9.48 Å². The van der Waals surface area contributed by atoms with E-state index in [1.807, 2.05) is 30.7 Å². The number of nitrogens with zero attached hydrogens (tertiary/aromatic N) is 2. The van der Waals surface area contributed by atoms with Crippen LogP contribution >= 0.6 is 27.3 Å². The molecule has 0 saturated carbocycles. The molecule has 0 radical (unpaired) electrons. The fourth-order valence-electron chi connectivity index (χ4n) is 1.86. The predicted molar refractivity (Wildman–Crippen MR) is 80.7 cm³/mol. The van der Waals surface area contributed by atoms with Crippen molar-refractivity contribution in [3.05, 3.63) is 38.3 Å². The van der Waals surface area contributed by atoms with Crippen LogP contribution in [0, 0.1) is 13.8 Å². The van der Waals surface area contributed by atoms with Crippen molar-refractivity contribution in [2.75, 3.05) is 6.54 Å². The summed E-state index contributed by atoms with van der Waals surface area (Å²) in [5, 5.41) is 7.31. The van der Waals surface area contributed by atoms with Gasteiger partial charge >= 0.3 is 0 Å². The molecule has 0 spiro atoms. The number of rotatable bonds is 5. The summed E-state index contributed by atoms with van der Waals surface area (Å²) < 4.78 is 2.95. The van der Waals surface area contributed by atoms with Gasteiger partial charge in [0.1, 0.15) is 0 Å². The van der Waals surface area contributed by atoms with Crippen LogP contribution in [0.15, 0.2) is 22.0 Å². The summed E-state index contributed by atoms with van der Waals surface area (Å²) in [4.78, 5) is 12.5. The molecule has 2 aromatic rings. The summed E-state index contributed by atoms with van der Waals surface area (Å²) in [5.74, 6) is -0.0101.